The predicted molar refractivity (Wildman–Crippen MR) is 69.5 cm³/mol. The van der Waals surface area contributed by atoms with Crippen molar-refractivity contribution in [2.24, 2.45) is 0 Å². The Labute approximate surface area is 117 Å². The van der Waals surface area contributed by atoms with Crippen molar-refractivity contribution in [3.8, 4) is 5.75 Å². The van der Waals surface area contributed by atoms with E-state index in [1.54, 1.807) is 6.07 Å². The number of hydrogen-bond acceptors (Lipinski definition) is 4. The molecule has 0 saturated heterocycles. The second-order valence-electron chi connectivity index (χ2n) is 3.97. The molecule has 0 bridgehead atoms. The van der Waals surface area contributed by atoms with Gasteiger partial charge >= 0.3 is 6.36 Å². The molecule has 0 aliphatic heterocycles. The maximum atomic E-state index is 12.1. The van der Waals surface area contributed by atoms with Crippen LogP contribution in [0.2, 0.25) is 0 Å². The van der Waals surface area contributed by atoms with E-state index in [0.29, 0.717) is 0 Å². The quantitative estimate of drug-likeness (QED) is 0.677. The number of benzene rings is 2. The highest BCUT2D eigenvalue weighted by molar-refractivity contribution is 5.69. The first-order valence-corrected chi connectivity index (χ1v) is 5.71. The van der Waals surface area contributed by atoms with Gasteiger partial charge in [-0.15, -0.1) is 13.2 Å². The molecule has 0 heterocycles. The summed E-state index contributed by atoms with van der Waals surface area (Å²) in [6.07, 6.45) is -4.79. The minimum Gasteiger partial charge on any atom is -0.406 e. The summed E-state index contributed by atoms with van der Waals surface area (Å²) >= 11 is 0. The van der Waals surface area contributed by atoms with Crippen LogP contribution < -0.4 is 10.1 Å². The summed E-state index contributed by atoms with van der Waals surface area (Å²) in [6.45, 7) is 0. The van der Waals surface area contributed by atoms with Crippen molar-refractivity contribution in [3.63, 3.8) is 0 Å². The second kappa shape index (κ2) is 5.70. The van der Waals surface area contributed by atoms with Crippen molar-refractivity contribution in [1.82, 2.24) is 0 Å². The minimum absolute atomic E-state index is 0.173. The highest BCUT2D eigenvalue weighted by Gasteiger charge is 2.31. The molecular formula is C13H9F3N2O3. The molecule has 0 amide bonds. The fraction of sp³-hybridized carbons (Fsp3) is 0.0769. The number of alkyl halides is 3. The standard InChI is InChI=1S/C13H9F3N2O3/c14-13(15,16)21-10-5-3-4-9(8-10)17-11-6-1-2-7-12(11)18(19)20/h1-8,17H. The molecule has 0 aromatic heterocycles. The lowest BCUT2D eigenvalue weighted by molar-refractivity contribution is -0.383. The van der Waals surface area contributed by atoms with Crippen LogP contribution in [0.25, 0.3) is 0 Å². The molecule has 0 aliphatic rings. The zero-order valence-electron chi connectivity index (χ0n) is 10.4. The second-order valence-corrected chi connectivity index (χ2v) is 3.97. The molecule has 1 N–H and O–H groups in total. The summed E-state index contributed by atoms with van der Waals surface area (Å²) in [5.41, 5.74) is 0.234. The normalized spacial score (nSPS) is 11.0. The third-order valence-corrected chi connectivity index (χ3v) is 2.45. The van der Waals surface area contributed by atoms with Crippen LogP contribution in [0.15, 0.2) is 48.5 Å². The van der Waals surface area contributed by atoms with Gasteiger partial charge < -0.3 is 10.1 Å². The molecule has 2 aromatic rings. The third kappa shape index (κ3) is 4.10. The Balaban J connectivity index is 2.25. The molecule has 2 rings (SSSR count). The Bertz CT molecular complexity index is 659. The average Bonchev–Trinajstić information content (AvgIpc) is 2.37. The zero-order valence-corrected chi connectivity index (χ0v) is 10.4. The van der Waals surface area contributed by atoms with Crippen molar-refractivity contribution in [3.05, 3.63) is 58.6 Å². The number of para-hydroxylation sites is 2. The zero-order chi connectivity index (χ0) is 15.5. The number of halogens is 3. The predicted octanol–water partition coefficient (Wildman–Crippen LogP) is 4.24. The molecular weight excluding hydrogens is 289 g/mol. The van der Waals surface area contributed by atoms with E-state index in [4.69, 9.17) is 0 Å². The smallest absolute Gasteiger partial charge is 0.406 e. The van der Waals surface area contributed by atoms with Gasteiger partial charge in [0.05, 0.1) is 4.92 Å². The highest BCUT2D eigenvalue weighted by atomic mass is 19.4. The van der Waals surface area contributed by atoms with Crippen molar-refractivity contribution in [1.29, 1.82) is 0 Å². The summed E-state index contributed by atoms with van der Waals surface area (Å²) in [4.78, 5) is 10.3. The lowest BCUT2D eigenvalue weighted by Gasteiger charge is -2.11. The van der Waals surface area contributed by atoms with Crippen LogP contribution in [0.3, 0.4) is 0 Å². The number of hydrogen-bond donors (Lipinski definition) is 1. The molecule has 0 unspecified atom stereocenters. The van der Waals surface area contributed by atoms with E-state index in [1.165, 1.54) is 30.3 Å². The van der Waals surface area contributed by atoms with Crippen molar-refractivity contribution in [2.75, 3.05) is 5.32 Å². The molecule has 0 spiro atoms. The Morgan fingerprint density at radius 3 is 2.48 bits per heavy atom. The van der Waals surface area contributed by atoms with Gasteiger partial charge in [0.2, 0.25) is 0 Å². The average molecular weight is 298 g/mol. The molecule has 21 heavy (non-hydrogen) atoms. The molecule has 0 fully saturated rings. The number of nitrogens with one attached hydrogen (secondary N) is 1. The number of rotatable bonds is 4. The van der Waals surface area contributed by atoms with Crippen LogP contribution in [0.5, 0.6) is 5.75 Å². The molecule has 0 saturated carbocycles. The molecule has 0 aliphatic carbocycles. The lowest BCUT2D eigenvalue weighted by atomic mass is 10.2. The van der Waals surface area contributed by atoms with E-state index < -0.39 is 17.0 Å². The first-order valence-electron chi connectivity index (χ1n) is 5.71. The van der Waals surface area contributed by atoms with Gasteiger partial charge in [-0.1, -0.05) is 18.2 Å². The van der Waals surface area contributed by atoms with Crippen LogP contribution >= 0.6 is 0 Å². The van der Waals surface area contributed by atoms with E-state index in [9.17, 15) is 23.3 Å². The van der Waals surface area contributed by atoms with Gasteiger partial charge in [-0.3, -0.25) is 10.1 Å². The first kappa shape index (κ1) is 14.6. The summed E-state index contributed by atoms with van der Waals surface area (Å²) in [5, 5.41) is 13.5. The van der Waals surface area contributed by atoms with E-state index >= 15 is 0 Å². The fourth-order valence-corrected chi connectivity index (χ4v) is 1.67. The Morgan fingerprint density at radius 1 is 1.10 bits per heavy atom. The van der Waals surface area contributed by atoms with Crippen molar-refractivity contribution in [2.45, 2.75) is 6.36 Å². The van der Waals surface area contributed by atoms with Gasteiger partial charge in [-0.2, -0.15) is 0 Å². The maximum absolute atomic E-state index is 12.1. The van der Waals surface area contributed by atoms with Gasteiger partial charge in [0.15, 0.2) is 0 Å². The lowest BCUT2D eigenvalue weighted by Crippen LogP contribution is -2.17. The molecule has 110 valence electrons. The Kier molecular flexibility index (Phi) is 3.97. The van der Waals surface area contributed by atoms with Gasteiger partial charge in [-0.05, 0) is 18.2 Å². The minimum atomic E-state index is -4.79. The Hall–Kier alpha value is -2.77. The summed E-state index contributed by atoms with van der Waals surface area (Å²) < 4.78 is 40.2. The van der Waals surface area contributed by atoms with Gasteiger partial charge in [0.25, 0.3) is 5.69 Å². The summed E-state index contributed by atoms with van der Waals surface area (Å²) in [6, 6.07) is 10.9. The van der Waals surface area contributed by atoms with Crippen LogP contribution in [0.1, 0.15) is 0 Å². The molecule has 0 radical (unpaired) electrons. The fourth-order valence-electron chi connectivity index (χ4n) is 1.67. The Morgan fingerprint density at radius 2 is 1.81 bits per heavy atom. The van der Waals surface area contributed by atoms with Crippen LogP contribution in [0, 0.1) is 10.1 Å². The van der Waals surface area contributed by atoms with Gasteiger partial charge in [0, 0.05) is 17.8 Å². The van der Waals surface area contributed by atoms with E-state index in [-0.39, 0.29) is 17.1 Å². The molecule has 2 aromatic carbocycles. The maximum Gasteiger partial charge on any atom is 0.573 e. The number of ether oxygens (including phenoxy) is 1. The molecule has 0 atom stereocenters. The summed E-state index contributed by atoms with van der Waals surface area (Å²) in [7, 11) is 0. The first-order chi connectivity index (χ1) is 9.85. The van der Waals surface area contributed by atoms with E-state index in [1.807, 2.05) is 0 Å². The SMILES string of the molecule is O=[N+]([O-])c1ccccc1Nc1cccc(OC(F)(F)F)c1. The largest absolute Gasteiger partial charge is 0.573 e. The monoisotopic (exact) mass is 298 g/mol. The summed E-state index contributed by atoms with van der Waals surface area (Å²) in [5.74, 6) is -0.411. The molecule has 8 heteroatoms. The van der Waals surface area contributed by atoms with E-state index in [2.05, 4.69) is 10.1 Å². The van der Waals surface area contributed by atoms with Crippen molar-refractivity contribution >= 4 is 17.1 Å². The van der Waals surface area contributed by atoms with Gasteiger partial charge in [0.1, 0.15) is 11.4 Å². The highest BCUT2D eigenvalue weighted by Crippen LogP contribution is 2.30. The van der Waals surface area contributed by atoms with Crippen LogP contribution in [-0.2, 0) is 0 Å². The van der Waals surface area contributed by atoms with Crippen LogP contribution in [-0.4, -0.2) is 11.3 Å². The molecule has 5 nitrogen and oxygen atoms in total. The van der Waals surface area contributed by atoms with Crippen LogP contribution in [0.4, 0.5) is 30.2 Å². The number of nitrogens with zero attached hydrogens (tertiary/aromatic N) is 1. The van der Waals surface area contributed by atoms with Crippen molar-refractivity contribution < 1.29 is 22.8 Å². The third-order valence-electron chi connectivity index (χ3n) is 2.45. The van der Waals surface area contributed by atoms with Gasteiger partial charge in [-0.25, -0.2) is 0 Å². The topological polar surface area (TPSA) is 64.4 Å². The number of nitro groups is 1. The number of nitro benzene ring substituents is 1. The van der Waals surface area contributed by atoms with E-state index in [0.717, 1.165) is 12.1 Å². The number of anilines is 2.